The van der Waals surface area contributed by atoms with Crippen LogP contribution in [-0.2, 0) is 24.3 Å². The smallest absolute Gasteiger partial charge is 0.339 e. The zero-order valence-electron chi connectivity index (χ0n) is 19.3. The lowest BCUT2D eigenvalue weighted by Gasteiger charge is -2.23. The second-order valence-corrected chi connectivity index (χ2v) is 9.48. The maximum absolute atomic E-state index is 12.6. The molecule has 2 rings (SSSR count). The Kier molecular flexibility index (Phi) is 8.58. The number of hydrogen-bond donors (Lipinski definition) is 1. The minimum atomic E-state index is -3.56. The van der Waals surface area contributed by atoms with Gasteiger partial charge in [0, 0.05) is 13.0 Å². The molecule has 0 aromatic heterocycles. The van der Waals surface area contributed by atoms with E-state index >= 15 is 0 Å². The number of carbonyl (C=O) groups is 3. The molecule has 0 aliphatic heterocycles. The first-order valence-electron chi connectivity index (χ1n) is 10.1. The molecule has 1 N–H and O–H groups in total. The first-order chi connectivity index (χ1) is 15.5. The summed E-state index contributed by atoms with van der Waals surface area (Å²) in [6, 6.07) is 9.57. The molecular formula is C23H28N2O7S. The molecule has 9 nitrogen and oxygen atoms in total. The molecule has 0 saturated carbocycles. The van der Waals surface area contributed by atoms with Crippen LogP contribution < -0.4 is 9.62 Å². The van der Waals surface area contributed by atoms with E-state index in [-0.39, 0.29) is 36.2 Å². The zero-order chi connectivity index (χ0) is 24.8. The van der Waals surface area contributed by atoms with Crippen molar-refractivity contribution in [3.05, 3.63) is 58.7 Å². The average Bonchev–Trinajstić information content (AvgIpc) is 2.73. The Balaban J connectivity index is 2.15. The van der Waals surface area contributed by atoms with Crippen LogP contribution in [-0.4, -0.2) is 53.3 Å². The van der Waals surface area contributed by atoms with E-state index in [4.69, 9.17) is 4.74 Å². The van der Waals surface area contributed by atoms with E-state index in [0.717, 1.165) is 17.4 Å². The van der Waals surface area contributed by atoms with E-state index in [1.807, 2.05) is 19.9 Å². The van der Waals surface area contributed by atoms with Gasteiger partial charge in [-0.2, -0.15) is 0 Å². The second-order valence-electron chi connectivity index (χ2n) is 7.58. The number of ether oxygens (including phenoxy) is 2. The highest BCUT2D eigenvalue weighted by molar-refractivity contribution is 7.92. The van der Waals surface area contributed by atoms with E-state index in [2.05, 4.69) is 10.1 Å². The Morgan fingerprint density at radius 1 is 0.939 bits per heavy atom. The molecule has 2 aromatic rings. The maximum Gasteiger partial charge on any atom is 0.339 e. The minimum Gasteiger partial charge on any atom is -0.465 e. The van der Waals surface area contributed by atoms with Crippen LogP contribution in [0, 0.1) is 13.8 Å². The van der Waals surface area contributed by atoms with Gasteiger partial charge in [-0.05, 0) is 61.7 Å². The number of nitrogens with one attached hydrogen (secondary N) is 1. The first-order valence-corrected chi connectivity index (χ1v) is 12.0. The summed E-state index contributed by atoms with van der Waals surface area (Å²) in [4.78, 5) is 36.4. The molecule has 0 aliphatic carbocycles. The van der Waals surface area contributed by atoms with Crippen LogP contribution in [0.15, 0.2) is 36.4 Å². The lowest BCUT2D eigenvalue weighted by atomic mass is 10.1. The van der Waals surface area contributed by atoms with Crippen molar-refractivity contribution in [2.45, 2.75) is 26.7 Å². The Morgan fingerprint density at radius 2 is 1.55 bits per heavy atom. The number of hydrogen-bond acceptors (Lipinski definition) is 7. The van der Waals surface area contributed by atoms with Gasteiger partial charge in [0.1, 0.15) is 0 Å². The average molecular weight is 477 g/mol. The Bertz CT molecular complexity index is 1140. The summed E-state index contributed by atoms with van der Waals surface area (Å²) in [6.45, 7) is 3.86. The van der Waals surface area contributed by atoms with Crippen molar-refractivity contribution in [1.82, 2.24) is 0 Å². The first kappa shape index (κ1) is 25.9. The molecule has 178 valence electrons. The second kappa shape index (κ2) is 11.0. The van der Waals surface area contributed by atoms with Crippen molar-refractivity contribution < 1.29 is 32.3 Å². The van der Waals surface area contributed by atoms with Crippen LogP contribution in [0.2, 0.25) is 0 Å². The number of benzene rings is 2. The van der Waals surface area contributed by atoms with Crippen molar-refractivity contribution in [3.8, 4) is 0 Å². The third-order valence-electron chi connectivity index (χ3n) is 4.78. The van der Waals surface area contributed by atoms with E-state index in [9.17, 15) is 22.8 Å². The van der Waals surface area contributed by atoms with E-state index in [0.29, 0.717) is 5.69 Å². The molecule has 10 heteroatoms. The number of carbonyl (C=O) groups excluding carboxylic acids is 3. The molecular weight excluding hydrogens is 448 g/mol. The van der Waals surface area contributed by atoms with Gasteiger partial charge in [-0.25, -0.2) is 18.0 Å². The Morgan fingerprint density at radius 3 is 2.09 bits per heavy atom. The van der Waals surface area contributed by atoms with Crippen LogP contribution in [0.25, 0.3) is 0 Å². The SMILES string of the molecule is COC(=O)c1ccc(C(=O)OC)c(NC(=O)CCCN(c2cc(C)cc(C)c2)S(C)(=O)=O)c1. The van der Waals surface area contributed by atoms with Crippen molar-refractivity contribution in [2.75, 3.05) is 36.6 Å². The van der Waals surface area contributed by atoms with Crippen molar-refractivity contribution in [2.24, 2.45) is 0 Å². The van der Waals surface area contributed by atoms with Crippen molar-refractivity contribution >= 4 is 39.2 Å². The predicted molar refractivity (Wildman–Crippen MR) is 125 cm³/mol. The van der Waals surface area contributed by atoms with Gasteiger partial charge in [0.25, 0.3) is 0 Å². The number of anilines is 2. The summed E-state index contributed by atoms with van der Waals surface area (Å²) in [6.07, 6.45) is 1.34. The van der Waals surface area contributed by atoms with Crippen LogP contribution in [0.5, 0.6) is 0 Å². The number of sulfonamides is 1. The molecule has 1 amide bonds. The number of methoxy groups -OCH3 is 2. The molecule has 33 heavy (non-hydrogen) atoms. The summed E-state index contributed by atoms with van der Waals surface area (Å²) in [5.74, 6) is -1.75. The molecule has 0 fully saturated rings. The number of nitrogens with zero attached hydrogens (tertiary/aromatic N) is 1. The molecule has 0 saturated heterocycles. The standard InChI is InChI=1S/C23H28N2O7S/c1-15-11-16(2)13-18(12-15)25(33(5,29)30)10-6-7-21(26)24-20-14-17(22(27)31-3)8-9-19(20)23(28)32-4/h8-9,11-14H,6-7,10H2,1-5H3,(H,24,26). The quantitative estimate of drug-likeness (QED) is 0.553. The topological polar surface area (TPSA) is 119 Å². The van der Waals surface area contributed by atoms with Crippen LogP contribution in [0.1, 0.15) is 44.7 Å². The van der Waals surface area contributed by atoms with Crippen molar-refractivity contribution in [1.29, 1.82) is 0 Å². The van der Waals surface area contributed by atoms with Crippen LogP contribution in [0.4, 0.5) is 11.4 Å². The fraction of sp³-hybridized carbons (Fsp3) is 0.348. The van der Waals surface area contributed by atoms with Gasteiger partial charge >= 0.3 is 11.9 Å². The summed E-state index contributed by atoms with van der Waals surface area (Å²) >= 11 is 0. The van der Waals surface area contributed by atoms with Gasteiger partial charge in [0.05, 0.1) is 43.0 Å². The van der Waals surface area contributed by atoms with E-state index in [1.54, 1.807) is 12.1 Å². The summed E-state index contributed by atoms with van der Waals surface area (Å²) in [5.41, 5.74) is 2.72. The minimum absolute atomic E-state index is 0.0140. The highest BCUT2D eigenvalue weighted by Crippen LogP contribution is 2.23. The molecule has 0 radical (unpaired) electrons. The van der Waals surface area contributed by atoms with Gasteiger partial charge in [-0.3, -0.25) is 9.10 Å². The Labute approximate surface area is 193 Å². The predicted octanol–water partition coefficient (Wildman–Crippen LogP) is 3.06. The lowest BCUT2D eigenvalue weighted by Crippen LogP contribution is -2.31. The van der Waals surface area contributed by atoms with Crippen LogP contribution in [0.3, 0.4) is 0 Å². The number of rotatable bonds is 9. The van der Waals surface area contributed by atoms with Crippen LogP contribution >= 0.6 is 0 Å². The largest absolute Gasteiger partial charge is 0.465 e. The highest BCUT2D eigenvalue weighted by atomic mass is 32.2. The molecule has 2 aromatic carbocycles. The monoisotopic (exact) mass is 476 g/mol. The highest BCUT2D eigenvalue weighted by Gasteiger charge is 2.20. The number of esters is 2. The van der Waals surface area contributed by atoms with Crippen molar-refractivity contribution in [3.63, 3.8) is 0 Å². The summed E-state index contributed by atoms with van der Waals surface area (Å²) in [7, 11) is -1.14. The van der Waals surface area contributed by atoms with Gasteiger partial charge in [0.15, 0.2) is 0 Å². The van der Waals surface area contributed by atoms with Gasteiger partial charge in [0.2, 0.25) is 15.9 Å². The fourth-order valence-corrected chi connectivity index (χ4v) is 4.31. The summed E-state index contributed by atoms with van der Waals surface area (Å²) in [5, 5.41) is 2.60. The van der Waals surface area contributed by atoms with E-state index in [1.165, 1.54) is 36.7 Å². The molecule has 0 bridgehead atoms. The molecule has 0 spiro atoms. The molecule has 0 unspecified atom stereocenters. The molecule has 0 atom stereocenters. The lowest BCUT2D eigenvalue weighted by molar-refractivity contribution is -0.116. The van der Waals surface area contributed by atoms with Gasteiger partial charge in [-0.1, -0.05) is 6.07 Å². The Hall–Kier alpha value is -3.40. The van der Waals surface area contributed by atoms with Gasteiger partial charge in [-0.15, -0.1) is 0 Å². The third kappa shape index (κ3) is 7.04. The number of aryl methyl sites for hydroxylation is 2. The summed E-state index contributed by atoms with van der Waals surface area (Å²) < 4.78 is 35.3. The fourth-order valence-electron chi connectivity index (χ4n) is 3.36. The zero-order valence-corrected chi connectivity index (χ0v) is 20.1. The molecule has 0 aliphatic rings. The third-order valence-corrected chi connectivity index (χ3v) is 5.97. The maximum atomic E-state index is 12.6. The van der Waals surface area contributed by atoms with Gasteiger partial charge < -0.3 is 14.8 Å². The number of amides is 1. The normalized spacial score (nSPS) is 10.9. The molecule has 0 heterocycles. The van der Waals surface area contributed by atoms with E-state index < -0.39 is 27.9 Å².